The van der Waals surface area contributed by atoms with E-state index >= 15 is 0 Å². The van der Waals surface area contributed by atoms with Gasteiger partial charge in [0.25, 0.3) is 0 Å². The van der Waals surface area contributed by atoms with Crippen molar-refractivity contribution in [1.29, 1.82) is 0 Å². The summed E-state index contributed by atoms with van der Waals surface area (Å²) in [7, 11) is 21.6. The average molecular weight is 1470 g/mol. The van der Waals surface area contributed by atoms with E-state index in [1.807, 2.05) is 0 Å². The van der Waals surface area contributed by atoms with Crippen LogP contribution in [-0.2, 0) is 55.2 Å². The maximum absolute atomic E-state index is 7.96. The normalized spacial score (nSPS) is 12.6. The van der Waals surface area contributed by atoms with Crippen LogP contribution < -0.4 is 36.6 Å². The summed E-state index contributed by atoms with van der Waals surface area (Å²) < 4.78 is 14.0. The summed E-state index contributed by atoms with van der Waals surface area (Å²) in [6.45, 7) is 47.0. The van der Waals surface area contributed by atoms with Crippen molar-refractivity contribution in [2.75, 3.05) is 121 Å². The summed E-state index contributed by atoms with van der Waals surface area (Å²) in [4.78, 5) is 0. The molecule has 8 rings (SSSR count). The molecule has 0 bridgehead atoms. The summed E-state index contributed by atoms with van der Waals surface area (Å²) >= 11 is -0.106. The van der Waals surface area contributed by atoms with Crippen LogP contribution in [0.2, 0.25) is 0 Å². The number of halogens is 2. The molecule has 0 saturated heterocycles. The molecule has 0 spiro atoms. The third kappa shape index (κ3) is 20.8. The molecule has 0 unspecified atom stereocenters. The fourth-order valence-corrected chi connectivity index (χ4v) is 17.5. The SMILES string of the molecule is CC[N+](C)(CC)Cc1ccc(-c2ccc(Oc3ccc(-c4ccc(C[N+](C)(CC)CC)cc4)cc3P(c3ccc(C[N+](C)(CC)CC)cc3)c3ccc(C[N+](C)(CC)CC)cc3)c(P(c3ccc(C[N+](C)(CC)CC)cc3)c3ccc(C[N+](C)(CC)CC)cc3)c2)cc1.[Cl][Pd][Cl]. The topological polar surface area (TPSA) is 9.23 Å². The van der Waals surface area contributed by atoms with E-state index in [4.69, 9.17) is 23.8 Å². The van der Waals surface area contributed by atoms with Crippen LogP contribution in [0.3, 0.4) is 0 Å². The number of hydrogen-bond donors (Lipinski definition) is 0. The van der Waals surface area contributed by atoms with E-state index in [1.165, 1.54) is 87.5 Å². The van der Waals surface area contributed by atoms with Crippen molar-refractivity contribution in [3.63, 3.8) is 0 Å². The van der Waals surface area contributed by atoms with Crippen LogP contribution in [0, 0.1) is 0 Å². The molecule has 8 aromatic rings. The van der Waals surface area contributed by atoms with Crippen LogP contribution in [0.1, 0.15) is 116 Å². The van der Waals surface area contributed by atoms with Crippen molar-refractivity contribution in [1.82, 2.24) is 0 Å². The quantitative estimate of drug-likeness (QED) is 0.0222. The van der Waals surface area contributed by atoms with Gasteiger partial charge in [-0.15, -0.1) is 0 Å². The van der Waals surface area contributed by atoms with Crippen LogP contribution in [0.5, 0.6) is 11.5 Å². The Labute approximate surface area is 602 Å². The molecule has 0 aliphatic heterocycles. The molecule has 0 aliphatic carbocycles. The molecule has 0 heterocycles. The molecule has 0 N–H and O–H groups in total. The van der Waals surface area contributed by atoms with Gasteiger partial charge in [-0.05, 0) is 167 Å². The summed E-state index contributed by atoms with van der Waals surface area (Å²) in [5, 5.41) is 7.71. The van der Waals surface area contributed by atoms with Crippen molar-refractivity contribution >= 4 is 66.7 Å². The van der Waals surface area contributed by atoms with E-state index in [1.54, 1.807) is 0 Å². The van der Waals surface area contributed by atoms with Gasteiger partial charge in [0, 0.05) is 44.0 Å². The second-order valence-corrected chi connectivity index (χ2v) is 35.4. The number of hydrogen-bond acceptors (Lipinski definition) is 1. The Hall–Kier alpha value is -4.58. The molecule has 0 aromatic heterocycles. The van der Waals surface area contributed by atoms with Crippen LogP contribution in [0.15, 0.2) is 182 Å². The maximum atomic E-state index is 7.96. The standard InChI is InChI=1S/C84H120N6OP2.2ClH.Pd/c1-19-85(13,20-2)61-67-31-43-73(44-32-67)75-47-57-81(83(59-75)92(77-49-35-69(36-50-77)63-87(15,23-5)24-6)78-51-37-70(38-52-78)64-88(16,25-7)26-8)91-82-58-48-76(74-45-33-68(34-46-74)62-86(14,21-3)22-4)60-84(82)93(79-53-39-71(40-54-79)65-89(17,27-9)28-10)80-55-41-72(42-56-80)66-90(18,29-11)30-12;;;/h31-60H,19-30,61-66H2,1-18H3;2*1H;/q+6;;;+2/p-2. The van der Waals surface area contributed by atoms with E-state index in [2.05, 4.69) is 307 Å². The van der Waals surface area contributed by atoms with Gasteiger partial charge in [-0.25, -0.2) is 0 Å². The first-order valence-corrected chi connectivity index (χ1v) is 42.6. The summed E-state index contributed by atoms with van der Waals surface area (Å²) in [5.74, 6) is 1.80. The van der Waals surface area contributed by atoms with Gasteiger partial charge < -0.3 is 31.6 Å². The van der Waals surface area contributed by atoms with Gasteiger partial charge in [0.15, 0.2) is 0 Å². The number of benzene rings is 8. The first kappa shape index (κ1) is 78.8. The Kier molecular flexibility index (Phi) is 29.7. The second-order valence-electron chi connectivity index (χ2n) is 28.7. The zero-order chi connectivity index (χ0) is 69.9. The van der Waals surface area contributed by atoms with Crippen molar-refractivity contribution < 1.29 is 47.6 Å². The minimum absolute atomic E-state index is 0.106. The fourth-order valence-electron chi connectivity index (χ4n) is 12.8. The van der Waals surface area contributed by atoms with Crippen LogP contribution in [-0.4, -0.2) is 148 Å². The monoisotopic (exact) mass is 1470 g/mol. The fraction of sp³-hybridized carbons (Fsp3) is 0.429. The number of ether oxygens (including phenoxy) is 1. The van der Waals surface area contributed by atoms with Crippen LogP contribution in [0.4, 0.5) is 0 Å². The molecule has 0 aliphatic rings. The molecule has 520 valence electrons. The predicted octanol–water partition coefficient (Wildman–Crippen LogP) is 17.6. The van der Waals surface area contributed by atoms with Crippen molar-refractivity contribution in [2.24, 2.45) is 0 Å². The van der Waals surface area contributed by atoms with E-state index in [0.717, 1.165) is 156 Å². The number of quaternary nitrogens is 6. The van der Waals surface area contributed by atoms with Gasteiger partial charge in [-0.1, -0.05) is 158 Å². The predicted molar refractivity (Wildman–Crippen MR) is 419 cm³/mol. The first-order chi connectivity index (χ1) is 45.9. The Bertz CT molecular complexity index is 3270. The van der Waals surface area contributed by atoms with Gasteiger partial charge >= 0.3 is 35.0 Å². The van der Waals surface area contributed by atoms with E-state index < -0.39 is 15.8 Å². The van der Waals surface area contributed by atoms with Gasteiger partial charge in [0.05, 0.1) is 121 Å². The number of nitrogens with zero attached hydrogens (tertiary/aromatic N) is 6. The Balaban J connectivity index is 0.00000425. The molecule has 7 nitrogen and oxygen atoms in total. The minimum atomic E-state index is -1.15. The molecular weight excluding hydrogens is 1350 g/mol. The summed E-state index contributed by atoms with van der Waals surface area (Å²) in [6, 6.07) is 72.1. The van der Waals surface area contributed by atoms with Crippen molar-refractivity contribution in [3.8, 4) is 33.8 Å². The molecule has 8 aromatic carbocycles. The van der Waals surface area contributed by atoms with Gasteiger partial charge in [-0.3, -0.25) is 0 Å². The van der Waals surface area contributed by atoms with E-state index in [-0.39, 0.29) is 15.9 Å². The number of rotatable bonds is 34. The van der Waals surface area contributed by atoms with Gasteiger partial charge in [0.2, 0.25) is 0 Å². The van der Waals surface area contributed by atoms with Gasteiger partial charge in [-0.2, -0.15) is 0 Å². The molecule has 12 heteroatoms. The van der Waals surface area contributed by atoms with E-state index in [9.17, 15) is 0 Å². The second kappa shape index (κ2) is 36.2. The molecule has 0 atom stereocenters. The Morgan fingerprint density at radius 2 is 0.427 bits per heavy atom. The Morgan fingerprint density at radius 3 is 0.604 bits per heavy atom. The third-order valence-corrected chi connectivity index (χ3v) is 27.4. The van der Waals surface area contributed by atoms with Gasteiger partial charge in [0.1, 0.15) is 50.8 Å². The molecular formula is C84H120Cl2N6OP2Pd+6. The summed E-state index contributed by atoms with van der Waals surface area (Å²) in [6.07, 6.45) is 0. The van der Waals surface area contributed by atoms with Crippen LogP contribution >= 0.6 is 34.9 Å². The summed E-state index contributed by atoms with van der Waals surface area (Å²) in [5.41, 5.74) is 13.1. The molecule has 96 heavy (non-hydrogen) atoms. The van der Waals surface area contributed by atoms with E-state index in [0.29, 0.717) is 0 Å². The Morgan fingerprint density at radius 1 is 0.260 bits per heavy atom. The molecule has 0 radical (unpaired) electrons. The zero-order valence-corrected chi connectivity index (χ0v) is 67.0. The van der Waals surface area contributed by atoms with Crippen molar-refractivity contribution in [3.05, 3.63) is 215 Å². The zero-order valence-electron chi connectivity index (χ0n) is 62.1. The molecule has 0 amide bonds. The van der Waals surface area contributed by atoms with Crippen LogP contribution in [0.25, 0.3) is 22.3 Å². The van der Waals surface area contributed by atoms with Crippen molar-refractivity contribution in [2.45, 2.75) is 122 Å². The molecule has 0 fully saturated rings. The first-order valence-electron chi connectivity index (χ1n) is 35.9. The molecule has 0 saturated carbocycles. The average Bonchev–Trinajstić information content (AvgIpc) is 0.784. The third-order valence-electron chi connectivity index (χ3n) is 22.5.